The SMILES string of the molecule is CCn1c(CN2CCC(N(C)C)CC2)nc2c(N3CCOCC3)nc(-c3cnc(C)nc3)nc21. The molecule has 5 rings (SSSR count). The topological polar surface area (TPSA) is 88.3 Å². The number of hydrogen-bond donors (Lipinski definition) is 0. The number of fused-ring (bicyclic) bond motifs is 1. The summed E-state index contributed by atoms with van der Waals surface area (Å²) in [5, 5.41) is 0. The van der Waals surface area contributed by atoms with E-state index in [2.05, 4.69) is 50.3 Å². The van der Waals surface area contributed by atoms with Crippen LogP contribution >= 0.6 is 0 Å². The number of nitrogens with zero attached hydrogens (tertiary/aromatic N) is 9. The Kier molecular flexibility index (Phi) is 6.71. The number of aryl methyl sites for hydroxylation is 2. The number of imidazole rings is 1. The van der Waals surface area contributed by atoms with Crippen LogP contribution in [0.1, 0.15) is 31.4 Å². The Bertz CT molecular complexity index is 1110. The smallest absolute Gasteiger partial charge is 0.167 e. The maximum Gasteiger partial charge on any atom is 0.167 e. The first kappa shape index (κ1) is 23.1. The molecule has 0 bridgehead atoms. The van der Waals surface area contributed by atoms with E-state index in [1.807, 2.05) is 6.92 Å². The summed E-state index contributed by atoms with van der Waals surface area (Å²) in [6, 6.07) is 0.666. The second-order valence-electron chi connectivity index (χ2n) is 9.40. The fraction of sp³-hybridized carbons (Fsp3) is 0.625. The quantitative estimate of drug-likeness (QED) is 0.542. The lowest BCUT2D eigenvalue weighted by molar-refractivity contribution is 0.122. The zero-order valence-corrected chi connectivity index (χ0v) is 20.7. The second kappa shape index (κ2) is 9.89. The van der Waals surface area contributed by atoms with Gasteiger partial charge < -0.3 is 19.1 Å². The van der Waals surface area contributed by atoms with Crippen LogP contribution in [0.4, 0.5) is 5.82 Å². The summed E-state index contributed by atoms with van der Waals surface area (Å²) in [7, 11) is 4.36. The van der Waals surface area contributed by atoms with Gasteiger partial charge in [0.1, 0.15) is 11.6 Å². The van der Waals surface area contributed by atoms with E-state index in [0.717, 1.165) is 73.5 Å². The van der Waals surface area contributed by atoms with E-state index in [-0.39, 0.29) is 0 Å². The molecule has 0 amide bonds. The van der Waals surface area contributed by atoms with E-state index in [4.69, 9.17) is 19.7 Å². The molecule has 0 aromatic carbocycles. The van der Waals surface area contributed by atoms with Gasteiger partial charge in [0.25, 0.3) is 0 Å². The molecule has 0 aliphatic carbocycles. The van der Waals surface area contributed by atoms with Crippen LogP contribution in [-0.2, 0) is 17.8 Å². The van der Waals surface area contributed by atoms with E-state index in [1.165, 1.54) is 12.8 Å². The molecular weight excluding hydrogens is 430 g/mol. The lowest BCUT2D eigenvalue weighted by Crippen LogP contribution is -2.41. The van der Waals surface area contributed by atoms with E-state index < -0.39 is 0 Å². The van der Waals surface area contributed by atoms with Crippen molar-refractivity contribution in [2.24, 2.45) is 0 Å². The van der Waals surface area contributed by atoms with E-state index in [1.54, 1.807) is 12.4 Å². The van der Waals surface area contributed by atoms with Gasteiger partial charge in [-0.1, -0.05) is 0 Å². The van der Waals surface area contributed by atoms with Crippen LogP contribution in [0.3, 0.4) is 0 Å². The molecule has 5 heterocycles. The summed E-state index contributed by atoms with van der Waals surface area (Å²) in [5.74, 6) is 3.31. The summed E-state index contributed by atoms with van der Waals surface area (Å²) in [5.41, 5.74) is 2.57. The molecule has 0 radical (unpaired) electrons. The highest BCUT2D eigenvalue weighted by Crippen LogP contribution is 2.29. The average molecular weight is 466 g/mol. The van der Waals surface area contributed by atoms with Crippen molar-refractivity contribution in [3.8, 4) is 11.4 Å². The molecule has 2 saturated heterocycles. The van der Waals surface area contributed by atoms with Crippen LogP contribution in [0.5, 0.6) is 0 Å². The Labute approximate surface area is 201 Å². The number of rotatable bonds is 6. The molecule has 0 spiro atoms. The van der Waals surface area contributed by atoms with Gasteiger partial charge in [-0.05, 0) is 40.8 Å². The molecule has 34 heavy (non-hydrogen) atoms. The third-order valence-corrected chi connectivity index (χ3v) is 6.97. The van der Waals surface area contributed by atoms with Crippen molar-refractivity contribution in [3.63, 3.8) is 0 Å². The minimum Gasteiger partial charge on any atom is -0.378 e. The maximum atomic E-state index is 5.60. The normalized spacial score (nSPS) is 18.3. The predicted molar refractivity (Wildman–Crippen MR) is 132 cm³/mol. The highest BCUT2D eigenvalue weighted by molar-refractivity contribution is 5.86. The van der Waals surface area contributed by atoms with Crippen LogP contribution < -0.4 is 4.90 Å². The fourth-order valence-electron chi connectivity index (χ4n) is 4.91. The van der Waals surface area contributed by atoms with Crippen LogP contribution in [0, 0.1) is 6.92 Å². The third kappa shape index (κ3) is 4.62. The molecule has 3 aromatic rings. The first-order chi connectivity index (χ1) is 16.5. The molecule has 182 valence electrons. The van der Waals surface area contributed by atoms with Crippen molar-refractivity contribution in [2.75, 3.05) is 58.4 Å². The standard InChI is InChI=1S/C24H35N9O/c1-5-33-20(16-31-8-6-19(7-9-31)30(3)4)27-21-23(32-10-12-34-13-11-32)28-22(29-24(21)33)18-14-25-17(2)26-15-18/h14-15,19H,5-13,16H2,1-4H3. The van der Waals surface area contributed by atoms with Crippen LogP contribution in [0.15, 0.2) is 12.4 Å². The molecule has 0 atom stereocenters. The number of ether oxygens (including phenoxy) is 1. The lowest BCUT2D eigenvalue weighted by atomic mass is 10.0. The van der Waals surface area contributed by atoms with Gasteiger partial charge in [-0.3, -0.25) is 4.90 Å². The van der Waals surface area contributed by atoms with Gasteiger partial charge in [0.15, 0.2) is 22.8 Å². The zero-order chi connectivity index (χ0) is 23.7. The zero-order valence-electron chi connectivity index (χ0n) is 20.7. The van der Waals surface area contributed by atoms with E-state index in [9.17, 15) is 0 Å². The highest BCUT2D eigenvalue weighted by atomic mass is 16.5. The van der Waals surface area contributed by atoms with Crippen molar-refractivity contribution in [3.05, 3.63) is 24.0 Å². The molecule has 2 fully saturated rings. The number of likely N-dealkylation sites (tertiary alicyclic amines) is 1. The fourth-order valence-corrected chi connectivity index (χ4v) is 4.91. The Morgan fingerprint density at radius 2 is 1.71 bits per heavy atom. The van der Waals surface area contributed by atoms with Crippen LogP contribution in [0.2, 0.25) is 0 Å². The lowest BCUT2D eigenvalue weighted by Gasteiger charge is -2.34. The Morgan fingerprint density at radius 1 is 1.00 bits per heavy atom. The minimum atomic E-state index is 0.641. The van der Waals surface area contributed by atoms with Crippen molar-refractivity contribution in [1.29, 1.82) is 0 Å². The maximum absolute atomic E-state index is 5.60. The molecule has 3 aromatic heterocycles. The number of piperidine rings is 1. The first-order valence-electron chi connectivity index (χ1n) is 12.3. The van der Waals surface area contributed by atoms with Crippen LogP contribution in [-0.4, -0.2) is 98.8 Å². The molecule has 0 saturated carbocycles. The Balaban J connectivity index is 1.53. The van der Waals surface area contributed by atoms with Crippen molar-refractivity contribution < 1.29 is 4.74 Å². The third-order valence-electron chi connectivity index (χ3n) is 6.97. The second-order valence-corrected chi connectivity index (χ2v) is 9.40. The van der Waals surface area contributed by atoms with Crippen molar-refractivity contribution in [2.45, 2.75) is 45.8 Å². The van der Waals surface area contributed by atoms with Crippen molar-refractivity contribution in [1.82, 2.24) is 39.3 Å². The Morgan fingerprint density at radius 3 is 2.35 bits per heavy atom. The number of anilines is 1. The molecular formula is C24H35N9O. The van der Waals surface area contributed by atoms with E-state index >= 15 is 0 Å². The minimum absolute atomic E-state index is 0.641. The molecule has 2 aliphatic rings. The summed E-state index contributed by atoms with van der Waals surface area (Å²) < 4.78 is 7.84. The number of hydrogen-bond acceptors (Lipinski definition) is 9. The number of morpholine rings is 1. The highest BCUT2D eigenvalue weighted by Gasteiger charge is 2.26. The van der Waals surface area contributed by atoms with Gasteiger partial charge in [-0.15, -0.1) is 0 Å². The Hall–Kier alpha value is -2.69. The van der Waals surface area contributed by atoms with Gasteiger partial charge in [0, 0.05) is 51.2 Å². The van der Waals surface area contributed by atoms with Gasteiger partial charge in [0.2, 0.25) is 0 Å². The largest absolute Gasteiger partial charge is 0.378 e. The molecule has 0 N–H and O–H groups in total. The summed E-state index contributed by atoms with van der Waals surface area (Å²) in [4.78, 5) is 30.9. The predicted octanol–water partition coefficient (Wildman–Crippen LogP) is 1.97. The molecule has 2 aliphatic heterocycles. The molecule has 10 nitrogen and oxygen atoms in total. The molecule has 0 unspecified atom stereocenters. The number of aromatic nitrogens is 6. The van der Waals surface area contributed by atoms with Gasteiger partial charge >= 0.3 is 0 Å². The summed E-state index contributed by atoms with van der Waals surface area (Å²) in [6.45, 7) is 10.8. The van der Waals surface area contributed by atoms with Gasteiger partial charge in [-0.2, -0.15) is 0 Å². The summed E-state index contributed by atoms with van der Waals surface area (Å²) in [6.07, 6.45) is 5.98. The average Bonchev–Trinajstić information content (AvgIpc) is 3.21. The monoisotopic (exact) mass is 465 g/mol. The molecule has 10 heteroatoms. The van der Waals surface area contributed by atoms with E-state index in [0.29, 0.717) is 25.1 Å². The van der Waals surface area contributed by atoms with Crippen molar-refractivity contribution >= 4 is 17.0 Å². The summed E-state index contributed by atoms with van der Waals surface area (Å²) >= 11 is 0. The first-order valence-corrected chi connectivity index (χ1v) is 12.3. The van der Waals surface area contributed by atoms with Gasteiger partial charge in [0.05, 0.1) is 25.3 Å². The van der Waals surface area contributed by atoms with Gasteiger partial charge in [-0.25, -0.2) is 24.9 Å². The van der Waals surface area contributed by atoms with Crippen LogP contribution in [0.25, 0.3) is 22.6 Å².